The van der Waals surface area contributed by atoms with E-state index in [0.717, 1.165) is 12.8 Å². The summed E-state index contributed by atoms with van der Waals surface area (Å²) in [7, 11) is 1.59. The van der Waals surface area contributed by atoms with Crippen LogP contribution in [0.5, 0.6) is 0 Å². The molecule has 1 saturated carbocycles. The number of ether oxygens (including phenoxy) is 2. The fraction of sp³-hybridized carbons (Fsp3) is 0.900. The summed E-state index contributed by atoms with van der Waals surface area (Å²) in [6.07, 6.45) is 2.12. The monoisotopic (exact) mass is 186 g/mol. The van der Waals surface area contributed by atoms with Crippen molar-refractivity contribution < 1.29 is 14.3 Å². The SMILES string of the molecule is COC(C(=O)COC(C)C)C1CC1. The first-order valence-electron chi connectivity index (χ1n) is 4.82. The van der Waals surface area contributed by atoms with Gasteiger partial charge in [0.1, 0.15) is 12.7 Å². The van der Waals surface area contributed by atoms with Crippen LogP contribution < -0.4 is 0 Å². The van der Waals surface area contributed by atoms with Crippen molar-refractivity contribution in [1.29, 1.82) is 0 Å². The number of methoxy groups -OCH3 is 1. The van der Waals surface area contributed by atoms with Gasteiger partial charge in [-0.3, -0.25) is 4.79 Å². The summed E-state index contributed by atoms with van der Waals surface area (Å²) in [5.41, 5.74) is 0. The Hall–Kier alpha value is -0.410. The molecule has 0 aromatic heterocycles. The zero-order valence-corrected chi connectivity index (χ0v) is 8.58. The third-order valence-electron chi connectivity index (χ3n) is 2.18. The molecule has 0 N–H and O–H groups in total. The molecule has 3 nitrogen and oxygen atoms in total. The molecule has 0 bridgehead atoms. The quantitative estimate of drug-likeness (QED) is 0.629. The molecule has 0 amide bonds. The molecule has 1 aliphatic rings. The van der Waals surface area contributed by atoms with Gasteiger partial charge >= 0.3 is 0 Å². The summed E-state index contributed by atoms with van der Waals surface area (Å²) < 4.78 is 10.4. The van der Waals surface area contributed by atoms with Crippen LogP contribution in [0.3, 0.4) is 0 Å². The van der Waals surface area contributed by atoms with E-state index < -0.39 is 0 Å². The average Bonchev–Trinajstić information content (AvgIpc) is 2.86. The highest BCUT2D eigenvalue weighted by atomic mass is 16.5. The van der Waals surface area contributed by atoms with Gasteiger partial charge < -0.3 is 9.47 Å². The molecule has 13 heavy (non-hydrogen) atoms. The highest BCUT2D eigenvalue weighted by Gasteiger charge is 2.35. The van der Waals surface area contributed by atoms with Gasteiger partial charge in [-0.25, -0.2) is 0 Å². The van der Waals surface area contributed by atoms with Crippen molar-refractivity contribution in [2.45, 2.75) is 38.9 Å². The summed E-state index contributed by atoms with van der Waals surface area (Å²) in [4.78, 5) is 11.5. The lowest BCUT2D eigenvalue weighted by Gasteiger charge is -2.14. The van der Waals surface area contributed by atoms with Crippen LogP contribution in [0.4, 0.5) is 0 Å². The third-order valence-corrected chi connectivity index (χ3v) is 2.18. The second-order valence-corrected chi connectivity index (χ2v) is 3.82. The van der Waals surface area contributed by atoms with Crippen LogP contribution in [0.15, 0.2) is 0 Å². The first-order valence-corrected chi connectivity index (χ1v) is 4.82. The van der Waals surface area contributed by atoms with E-state index in [1.807, 2.05) is 13.8 Å². The van der Waals surface area contributed by atoms with Crippen LogP contribution in [-0.2, 0) is 14.3 Å². The Morgan fingerprint density at radius 2 is 2.08 bits per heavy atom. The number of hydrogen-bond donors (Lipinski definition) is 0. The first-order chi connectivity index (χ1) is 6.15. The molecule has 1 fully saturated rings. The molecule has 1 unspecified atom stereocenters. The minimum atomic E-state index is -0.223. The fourth-order valence-electron chi connectivity index (χ4n) is 1.32. The zero-order valence-electron chi connectivity index (χ0n) is 8.58. The van der Waals surface area contributed by atoms with Gasteiger partial charge in [0, 0.05) is 7.11 Å². The number of carbonyl (C=O) groups is 1. The molecule has 1 atom stereocenters. The smallest absolute Gasteiger partial charge is 0.187 e. The van der Waals surface area contributed by atoms with Crippen molar-refractivity contribution in [3.8, 4) is 0 Å². The molecule has 1 rings (SSSR count). The summed E-state index contributed by atoms with van der Waals surface area (Å²) in [6, 6.07) is 0. The standard InChI is InChI=1S/C10H18O3/c1-7(2)13-6-9(11)10(12-3)8-4-5-8/h7-8,10H,4-6H2,1-3H3. The first kappa shape index (κ1) is 10.7. The minimum Gasteiger partial charge on any atom is -0.373 e. The average molecular weight is 186 g/mol. The van der Waals surface area contributed by atoms with Crippen LogP contribution in [0.1, 0.15) is 26.7 Å². The highest BCUT2D eigenvalue weighted by Crippen LogP contribution is 2.34. The van der Waals surface area contributed by atoms with Crippen molar-refractivity contribution in [3.63, 3.8) is 0 Å². The number of Topliss-reactive ketones (excluding diaryl/α,β-unsaturated/α-hetero) is 1. The van der Waals surface area contributed by atoms with Crippen LogP contribution in [0.2, 0.25) is 0 Å². The van der Waals surface area contributed by atoms with Gasteiger partial charge in [-0.15, -0.1) is 0 Å². The Morgan fingerprint density at radius 3 is 2.46 bits per heavy atom. The molecule has 0 aromatic rings. The van der Waals surface area contributed by atoms with Crippen molar-refractivity contribution >= 4 is 5.78 Å². The fourth-order valence-corrected chi connectivity index (χ4v) is 1.32. The predicted molar refractivity (Wildman–Crippen MR) is 49.6 cm³/mol. The molecular formula is C10H18O3. The minimum absolute atomic E-state index is 0.0821. The van der Waals surface area contributed by atoms with Crippen molar-refractivity contribution in [2.75, 3.05) is 13.7 Å². The Morgan fingerprint density at radius 1 is 1.46 bits per heavy atom. The molecular weight excluding hydrogens is 168 g/mol. The summed E-state index contributed by atoms with van der Waals surface area (Å²) in [5.74, 6) is 0.534. The van der Waals surface area contributed by atoms with Crippen molar-refractivity contribution in [3.05, 3.63) is 0 Å². The predicted octanol–water partition coefficient (Wildman–Crippen LogP) is 1.41. The molecule has 0 heterocycles. The van der Waals surface area contributed by atoms with E-state index in [9.17, 15) is 4.79 Å². The second-order valence-electron chi connectivity index (χ2n) is 3.82. The van der Waals surface area contributed by atoms with Crippen LogP contribution in [0, 0.1) is 5.92 Å². The lowest BCUT2D eigenvalue weighted by Crippen LogP contribution is -2.29. The number of rotatable bonds is 6. The van der Waals surface area contributed by atoms with Gasteiger partial charge in [0.2, 0.25) is 0 Å². The zero-order chi connectivity index (χ0) is 9.84. The lowest BCUT2D eigenvalue weighted by atomic mass is 10.1. The molecule has 0 radical (unpaired) electrons. The Labute approximate surface area is 79.4 Å². The molecule has 1 aliphatic carbocycles. The van der Waals surface area contributed by atoms with Gasteiger partial charge in [-0.05, 0) is 32.6 Å². The van der Waals surface area contributed by atoms with Crippen LogP contribution in [-0.4, -0.2) is 31.7 Å². The van der Waals surface area contributed by atoms with E-state index in [1.54, 1.807) is 7.11 Å². The molecule has 3 heteroatoms. The molecule has 0 saturated heterocycles. The summed E-state index contributed by atoms with van der Waals surface area (Å²) in [6.45, 7) is 4.03. The van der Waals surface area contributed by atoms with E-state index in [4.69, 9.17) is 9.47 Å². The number of carbonyl (C=O) groups excluding carboxylic acids is 1. The van der Waals surface area contributed by atoms with Gasteiger partial charge in [-0.1, -0.05) is 0 Å². The van der Waals surface area contributed by atoms with Crippen LogP contribution in [0.25, 0.3) is 0 Å². The van der Waals surface area contributed by atoms with Crippen molar-refractivity contribution in [1.82, 2.24) is 0 Å². The maximum atomic E-state index is 11.5. The van der Waals surface area contributed by atoms with E-state index in [1.165, 1.54) is 0 Å². The molecule has 0 aliphatic heterocycles. The normalized spacial score (nSPS) is 19.1. The summed E-state index contributed by atoms with van der Waals surface area (Å²) in [5, 5.41) is 0. The van der Waals surface area contributed by atoms with E-state index in [0.29, 0.717) is 5.92 Å². The second kappa shape index (κ2) is 4.72. The van der Waals surface area contributed by atoms with Gasteiger partial charge in [0.15, 0.2) is 5.78 Å². The number of ketones is 1. The Balaban J connectivity index is 2.27. The van der Waals surface area contributed by atoms with Gasteiger partial charge in [0.05, 0.1) is 6.10 Å². The molecule has 0 spiro atoms. The van der Waals surface area contributed by atoms with Gasteiger partial charge in [0.25, 0.3) is 0 Å². The Bertz CT molecular complexity index is 173. The van der Waals surface area contributed by atoms with Crippen LogP contribution >= 0.6 is 0 Å². The van der Waals surface area contributed by atoms with E-state index >= 15 is 0 Å². The highest BCUT2D eigenvalue weighted by molar-refractivity contribution is 5.84. The van der Waals surface area contributed by atoms with Gasteiger partial charge in [-0.2, -0.15) is 0 Å². The van der Waals surface area contributed by atoms with E-state index in [-0.39, 0.29) is 24.6 Å². The van der Waals surface area contributed by atoms with Crippen molar-refractivity contribution in [2.24, 2.45) is 5.92 Å². The maximum absolute atomic E-state index is 11.5. The third kappa shape index (κ3) is 3.44. The maximum Gasteiger partial charge on any atom is 0.187 e. The number of hydrogen-bond acceptors (Lipinski definition) is 3. The lowest BCUT2D eigenvalue weighted by molar-refractivity contribution is -0.136. The molecule has 76 valence electrons. The van der Waals surface area contributed by atoms with E-state index in [2.05, 4.69) is 0 Å². The topological polar surface area (TPSA) is 35.5 Å². The largest absolute Gasteiger partial charge is 0.373 e. The summed E-state index contributed by atoms with van der Waals surface area (Å²) >= 11 is 0. The Kier molecular flexibility index (Phi) is 3.88. The molecule has 0 aromatic carbocycles.